The summed E-state index contributed by atoms with van der Waals surface area (Å²) in [5.41, 5.74) is 0. The first kappa shape index (κ1) is 21.1. The number of carbonyl (C=O) groups excluding carboxylic acids is 4. The second kappa shape index (κ2) is 6.31. The van der Waals surface area contributed by atoms with Crippen molar-refractivity contribution in [1.82, 2.24) is 0 Å². The maximum Gasteiger partial charge on any atom is 0.555 e. The number of carbonyl (C=O) groups is 4. The maximum absolute atomic E-state index is 12.5. The molecule has 0 aromatic rings. The highest BCUT2D eigenvalue weighted by Gasteiger charge is 2.68. The lowest BCUT2D eigenvalue weighted by molar-refractivity contribution is -0.147. The maximum atomic E-state index is 12.5. The molecule has 4 spiro atoms. The minimum absolute atomic E-state index is 1.33. The molecule has 7 saturated heterocycles. The molecule has 7 fully saturated rings. The smallest absolute Gasteiger partial charge is 0.555 e. The molecule has 7 heterocycles. The Labute approximate surface area is 185 Å². The van der Waals surface area contributed by atoms with Crippen molar-refractivity contribution in [2.24, 2.45) is 0 Å². The van der Waals surface area contributed by atoms with Gasteiger partial charge in [0.25, 0.3) is 23.9 Å². The van der Waals surface area contributed by atoms with E-state index in [4.69, 9.17) is 64.7 Å². The van der Waals surface area contributed by atoms with Crippen molar-refractivity contribution in [3.05, 3.63) is 0 Å². The van der Waals surface area contributed by atoms with Gasteiger partial charge in [-0.15, -0.1) is 0 Å². The Morgan fingerprint density at radius 1 is 0.500 bits per heavy atom. The Hall–Kier alpha value is -2.21. The summed E-state index contributed by atoms with van der Waals surface area (Å²) in [6, 6.07) is 0. The van der Waals surface area contributed by atoms with Crippen LogP contribution in [-0.2, 0) is 83.8 Å². The van der Waals surface area contributed by atoms with Gasteiger partial charge in [0.1, 0.15) is 24.4 Å². The van der Waals surface area contributed by atoms with E-state index in [-0.39, 0.29) is 0 Å². The number of fused-ring (bicyclic) bond motifs is 6. The lowest BCUT2D eigenvalue weighted by Crippen LogP contribution is -2.68. The highest BCUT2D eigenvalue weighted by atomic mass is 17.1. The van der Waals surface area contributed by atoms with Crippen LogP contribution >= 0.6 is 0 Å². The second-order valence-corrected chi connectivity index (χ2v) is 7.71. The Morgan fingerprint density at radius 2 is 0.735 bits per heavy atom. The molecule has 34 heavy (non-hydrogen) atoms. The number of hydrogen-bond acceptors (Lipinski definition) is 20. The Morgan fingerprint density at radius 3 is 0.971 bits per heavy atom. The van der Waals surface area contributed by atoms with Gasteiger partial charge in [-0.25, -0.2) is 0 Å². The number of hydrogen-bond donors (Lipinski definition) is 2. The Kier molecular flexibility index (Phi) is 3.92. The highest BCUT2D eigenvalue weighted by Crippen LogP contribution is 2.43. The summed E-state index contributed by atoms with van der Waals surface area (Å²) in [4.78, 5) is 50.1. The average molecular weight is 487 g/mol. The second-order valence-electron chi connectivity index (χ2n) is 7.71. The van der Waals surface area contributed by atoms with Gasteiger partial charge in [0.15, 0.2) is 0 Å². The fourth-order valence-electron chi connectivity index (χ4n) is 4.32. The summed E-state index contributed by atoms with van der Waals surface area (Å²) in [6.45, 7) is -15.2. The third-order valence-corrected chi connectivity index (χ3v) is 5.57. The normalized spacial score (nSPS) is 51.0. The van der Waals surface area contributed by atoms with Crippen LogP contribution in [0.2, 0.25) is 0 Å². The molecule has 0 amide bonds. The fraction of sp³-hybridized carbons (Fsp3) is 0.500. The van der Waals surface area contributed by atoms with Crippen molar-refractivity contribution < 1.29 is 93.9 Å². The lowest BCUT2D eigenvalue weighted by atomic mass is 9.86. The van der Waals surface area contributed by atoms with E-state index in [0.29, 0.717) is 0 Å². The predicted molar refractivity (Wildman–Crippen MR) is 89.3 cm³/mol. The molecular weight excluding hydrogens is 481 g/mol. The van der Waals surface area contributed by atoms with Gasteiger partial charge in [0.05, 0.1) is 0 Å². The molecule has 0 radical (unpaired) electrons. The van der Waals surface area contributed by atoms with Crippen LogP contribution in [0.1, 0.15) is 0 Å². The molecule has 8 bridgehead atoms. The largest absolute Gasteiger partial charge is 0.653 e. The van der Waals surface area contributed by atoms with E-state index in [9.17, 15) is 29.2 Å². The van der Waals surface area contributed by atoms with Gasteiger partial charge in [-0.2, -0.15) is 0 Å². The van der Waals surface area contributed by atoms with Crippen molar-refractivity contribution in [1.29, 1.82) is 0 Å². The van der Waals surface area contributed by atoms with Gasteiger partial charge in [-0.1, -0.05) is 0 Å². The van der Waals surface area contributed by atoms with Crippen molar-refractivity contribution in [2.45, 2.75) is 24.4 Å². The van der Waals surface area contributed by atoms with E-state index >= 15 is 0 Å². The highest BCUT2D eigenvalue weighted by molar-refractivity contribution is 6.82. The van der Waals surface area contributed by atoms with Gasteiger partial charge >= 0.3 is 42.5 Å². The van der Waals surface area contributed by atoms with E-state index in [1.165, 1.54) is 0 Å². The SMILES string of the molecule is O=C1O[B-]23OB(O)O[B-]4(OC(=O)C(O4)C4O[B-]5(OB(O)O[B-]6(OC(=O)C(O6)C1O2)O5)OC4=O)O3. The van der Waals surface area contributed by atoms with Gasteiger partial charge < -0.3 is 74.7 Å². The van der Waals surface area contributed by atoms with Gasteiger partial charge in [-0.05, 0) is 0 Å². The zero-order valence-electron chi connectivity index (χ0n) is 16.0. The summed E-state index contributed by atoms with van der Waals surface area (Å²) >= 11 is 0. The Bertz CT molecular complexity index is 887. The van der Waals surface area contributed by atoms with Crippen LogP contribution < -0.4 is 0 Å². The molecule has 180 valence electrons. The van der Waals surface area contributed by atoms with Crippen LogP contribution in [-0.4, -0.2) is 101 Å². The number of rotatable bonds is 0. The molecule has 7 aliphatic rings. The van der Waals surface area contributed by atoms with E-state index in [1.54, 1.807) is 0 Å². The summed E-state index contributed by atoms with van der Waals surface area (Å²) in [6.07, 6.45) is -8.01. The monoisotopic (exact) mass is 488 g/mol. The van der Waals surface area contributed by atoms with Gasteiger partial charge in [0.2, 0.25) is 0 Å². The molecule has 26 heteroatoms. The Balaban J connectivity index is 1.35. The molecule has 7 rings (SSSR count). The summed E-state index contributed by atoms with van der Waals surface area (Å²) in [5, 5.41) is 20.0. The van der Waals surface area contributed by atoms with Crippen LogP contribution in [0, 0.1) is 0 Å². The summed E-state index contributed by atoms with van der Waals surface area (Å²) in [5.74, 6) is -5.32. The standard InChI is InChI=1S/C8H6B6O20/c15-5-1-2-6(16)26-12(22-2)30-10(20)32-14(34-12)24-4(8(18)28-14)3-7(17)27-13(23-3)31-9(19)29-11(21-1,25-5)33-13/h1-4,19-20H/q-4. The van der Waals surface area contributed by atoms with Crippen molar-refractivity contribution in [3.63, 3.8) is 0 Å². The van der Waals surface area contributed by atoms with E-state index in [2.05, 4.69) is 0 Å². The van der Waals surface area contributed by atoms with Crippen LogP contribution in [0.3, 0.4) is 0 Å². The average Bonchev–Trinajstić information content (AvgIpc) is 3.36. The minimum atomic E-state index is -3.80. The molecule has 20 nitrogen and oxygen atoms in total. The van der Waals surface area contributed by atoms with E-state index in [0.717, 1.165) is 0 Å². The summed E-state index contributed by atoms with van der Waals surface area (Å²) in [7, 11) is -4.63. The van der Waals surface area contributed by atoms with Crippen molar-refractivity contribution in [3.8, 4) is 0 Å². The first-order valence-corrected chi connectivity index (χ1v) is 9.63. The first-order valence-electron chi connectivity index (χ1n) is 9.63. The molecule has 8 unspecified atom stereocenters. The third-order valence-electron chi connectivity index (χ3n) is 5.57. The van der Waals surface area contributed by atoms with Crippen LogP contribution in [0.4, 0.5) is 0 Å². The first-order chi connectivity index (χ1) is 16.0. The summed E-state index contributed by atoms with van der Waals surface area (Å²) < 4.78 is 70.8. The quantitative estimate of drug-likeness (QED) is 0.302. The van der Waals surface area contributed by atoms with Crippen molar-refractivity contribution in [2.75, 3.05) is 0 Å². The van der Waals surface area contributed by atoms with E-state index in [1.807, 2.05) is 0 Å². The minimum Gasteiger partial charge on any atom is -0.653 e. The molecule has 0 aromatic carbocycles. The predicted octanol–water partition coefficient (Wildman–Crippen LogP) is -6.41. The van der Waals surface area contributed by atoms with Gasteiger partial charge in [-0.3, -0.25) is 19.2 Å². The van der Waals surface area contributed by atoms with Crippen LogP contribution in [0.5, 0.6) is 0 Å². The molecule has 7 aliphatic heterocycles. The molecular formula is C8H6B6O20-4. The molecule has 2 N–H and O–H groups in total. The molecule has 0 aromatic heterocycles. The molecule has 0 saturated carbocycles. The topological polar surface area (TPSA) is 238 Å². The fourth-order valence-corrected chi connectivity index (χ4v) is 4.32. The zero-order valence-corrected chi connectivity index (χ0v) is 16.0. The lowest BCUT2D eigenvalue weighted by Gasteiger charge is -2.54. The molecule has 8 atom stereocenters. The van der Waals surface area contributed by atoms with E-state index < -0.39 is 90.8 Å². The van der Waals surface area contributed by atoms with Crippen LogP contribution in [0.15, 0.2) is 0 Å². The molecule has 0 aliphatic carbocycles. The van der Waals surface area contributed by atoms with Crippen molar-refractivity contribution >= 4 is 66.3 Å². The zero-order chi connectivity index (χ0) is 23.7. The van der Waals surface area contributed by atoms with Crippen LogP contribution in [0.25, 0.3) is 0 Å². The third kappa shape index (κ3) is 2.81. The van der Waals surface area contributed by atoms with Gasteiger partial charge in [0, 0.05) is 0 Å².